The first-order chi connectivity index (χ1) is 14.5. The summed E-state index contributed by atoms with van der Waals surface area (Å²) in [6, 6.07) is 13.2. The molecule has 0 radical (unpaired) electrons. The minimum Gasteiger partial charge on any atom is -0.469 e. The number of benzene rings is 1. The van der Waals surface area contributed by atoms with Gasteiger partial charge in [0, 0.05) is 28.4 Å². The van der Waals surface area contributed by atoms with Crippen LogP contribution in [0.2, 0.25) is 0 Å². The van der Waals surface area contributed by atoms with E-state index >= 15 is 0 Å². The molecule has 6 nitrogen and oxygen atoms in total. The van der Waals surface area contributed by atoms with Crippen LogP contribution in [0.5, 0.6) is 0 Å². The van der Waals surface area contributed by atoms with Crippen LogP contribution in [0, 0.1) is 18.3 Å². The van der Waals surface area contributed by atoms with E-state index in [0.29, 0.717) is 24.1 Å². The van der Waals surface area contributed by atoms with E-state index in [1.165, 1.54) is 12.0 Å². The summed E-state index contributed by atoms with van der Waals surface area (Å²) in [5, 5.41) is 11.1. The highest BCUT2D eigenvalue weighted by Gasteiger charge is 2.25. The highest BCUT2D eigenvalue weighted by molar-refractivity contribution is 7.09. The number of esters is 1. The fraction of sp³-hybridized carbons (Fsp3) is 0.261. The van der Waals surface area contributed by atoms with Gasteiger partial charge in [0.1, 0.15) is 0 Å². The van der Waals surface area contributed by atoms with Gasteiger partial charge in [-0.05, 0) is 48.9 Å². The summed E-state index contributed by atoms with van der Waals surface area (Å²) < 4.78 is 6.90. The zero-order valence-electron chi connectivity index (χ0n) is 17.0. The molecule has 1 aromatic carbocycles. The van der Waals surface area contributed by atoms with Crippen molar-refractivity contribution in [3.63, 3.8) is 0 Å². The molecule has 1 amide bonds. The number of aromatic nitrogens is 1. The molecule has 7 heteroatoms. The molecule has 3 rings (SSSR count). The summed E-state index contributed by atoms with van der Waals surface area (Å²) >= 11 is 1.68. The molecule has 0 unspecified atom stereocenters. The molecular weight excluding hydrogens is 398 g/mol. The summed E-state index contributed by atoms with van der Waals surface area (Å²) in [6.45, 7) is 2.54. The normalized spacial score (nSPS) is 10.6. The lowest BCUT2D eigenvalue weighted by atomic mass is 9.97. The Hall–Kier alpha value is -3.37. The van der Waals surface area contributed by atoms with Gasteiger partial charge >= 0.3 is 5.97 Å². The lowest BCUT2D eigenvalue weighted by Gasteiger charge is -2.13. The van der Waals surface area contributed by atoms with Gasteiger partial charge in [-0.25, -0.2) is 0 Å². The molecule has 0 aliphatic carbocycles. The summed E-state index contributed by atoms with van der Waals surface area (Å²) in [5.74, 6) is -0.828. The molecule has 0 saturated carbocycles. The van der Waals surface area contributed by atoms with Crippen molar-refractivity contribution in [2.45, 2.75) is 32.7 Å². The Bertz CT molecular complexity index is 1090. The van der Waals surface area contributed by atoms with E-state index in [4.69, 9.17) is 15.7 Å². The molecule has 0 atom stereocenters. The number of nitriles is 1. The van der Waals surface area contributed by atoms with E-state index in [2.05, 4.69) is 16.7 Å². The molecule has 0 bridgehead atoms. The van der Waals surface area contributed by atoms with Crippen LogP contribution in [0.15, 0.2) is 41.8 Å². The number of nitrogens with two attached hydrogens (primary N) is 1. The Labute approximate surface area is 179 Å². The first-order valence-corrected chi connectivity index (χ1v) is 10.5. The molecule has 0 fully saturated rings. The van der Waals surface area contributed by atoms with E-state index in [1.54, 1.807) is 23.5 Å². The Balaban J connectivity index is 2.12. The summed E-state index contributed by atoms with van der Waals surface area (Å²) in [4.78, 5) is 25.5. The predicted octanol–water partition coefficient (Wildman–Crippen LogP) is 3.84. The smallest absolute Gasteiger partial charge is 0.305 e. The third-order valence-corrected chi connectivity index (χ3v) is 6.07. The Morgan fingerprint density at radius 1 is 1.20 bits per heavy atom. The zero-order valence-corrected chi connectivity index (χ0v) is 17.8. The van der Waals surface area contributed by atoms with Crippen molar-refractivity contribution in [3.8, 4) is 17.2 Å². The molecule has 154 valence electrons. The fourth-order valence-electron chi connectivity index (χ4n) is 3.68. The van der Waals surface area contributed by atoms with Crippen LogP contribution in [0.25, 0.3) is 11.1 Å². The predicted molar refractivity (Wildman–Crippen MR) is 116 cm³/mol. The van der Waals surface area contributed by atoms with E-state index in [-0.39, 0.29) is 12.4 Å². The molecule has 2 heterocycles. The number of nitrogens with zero attached hydrogens (tertiary/aromatic N) is 2. The van der Waals surface area contributed by atoms with Gasteiger partial charge in [0.15, 0.2) is 0 Å². The average Bonchev–Trinajstić information content (AvgIpc) is 3.36. The van der Waals surface area contributed by atoms with Crippen LogP contribution in [0.3, 0.4) is 0 Å². The molecule has 0 spiro atoms. The standard InChI is InChI=1S/C23H23N3O3S/c1-15-21(23(25)28)22(17-7-5-16(14-24)6-8-17)19(9-10-20(27)29-2)26(15)12-11-18-4-3-13-30-18/h3-8,13H,9-12H2,1-2H3,(H2,25,28). The molecule has 2 aromatic heterocycles. The van der Waals surface area contributed by atoms with Gasteiger partial charge in [-0.15, -0.1) is 11.3 Å². The van der Waals surface area contributed by atoms with Crippen molar-refractivity contribution in [2.24, 2.45) is 5.73 Å². The SMILES string of the molecule is COC(=O)CCc1c(-c2ccc(C#N)cc2)c(C(N)=O)c(C)n1CCc1cccs1. The van der Waals surface area contributed by atoms with Crippen LogP contribution in [0.1, 0.15) is 38.6 Å². The highest BCUT2D eigenvalue weighted by Crippen LogP contribution is 2.34. The second-order valence-corrected chi connectivity index (χ2v) is 7.92. The maximum atomic E-state index is 12.4. The average molecular weight is 422 g/mol. The van der Waals surface area contributed by atoms with Gasteiger partial charge < -0.3 is 15.0 Å². The van der Waals surface area contributed by atoms with E-state index in [1.807, 2.05) is 30.5 Å². The van der Waals surface area contributed by atoms with Crippen LogP contribution < -0.4 is 5.73 Å². The zero-order chi connectivity index (χ0) is 21.7. The number of ether oxygens (including phenoxy) is 1. The maximum Gasteiger partial charge on any atom is 0.305 e. The van der Waals surface area contributed by atoms with Crippen molar-refractivity contribution in [2.75, 3.05) is 7.11 Å². The number of carbonyl (C=O) groups excluding carboxylic acids is 2. The van der Waals surface area contributed by atoms with E-state index in [9.17, 15) is 9.59 Å². The number of amides is 1. The first kappa shape index (κ1) is 21.3. The minimum atomic E-state index is -0.513. The highest BCUT2D eigenvalue weighted by atomic mass is 32.1. The molecular formula is C23H23N3O3S. The summed E-state index contributed by atoms with van der Waals surface area (Å²) in [5.41, 5.74) is 9.91. The fourth-order valence-corrected chi connectivity index (χ4v) is 4.38. The number of thiophene rings is 1. The summed E-state index contributed by atoms with van der Waals surface area (Å²) in [7, 11) is 1.36. The van der Waals surface area contributed by atoms with E-state index < -0.39 is 5.91 Å². The number of aryl methyl sites for hydroxylation is 1. The van der Waals surface area contributed by atoms with Gasteiger partial charge in [-0.3, -0.25) is 9.59 Å². The van der Waals surface area contributed by atoms with Crippen LogP contribution in [0.4, 0.5) is 0 Å². The molecule has 0 saturated heterocycles. The van der Waals surface area contributed by atoms with Crippen LogP contribution in [-0.2, 0) is 28.9 Å². The monoisotopic (exact) mass is 421 g/mol. The van der Waals surface area contributed by atoms with Gasteiger partial charge in [0.05, 0.1) is 30.7 Å². The van der Waals surface area contributed by atoms with Gasteiger partial charge in [0.2, 0.25) is 0 Å². The lowest BCUT2D eigenvalue weighted by Crippen LogP contribution is -2.13. The van der Waals surface area contributed by atoms with Crippen molar-refractivity contribution >= 4 is 23.2 Å². The van der Waals surface area contributed by atoms with Gasteiger partial charge in [-0.1, -0.05) is 18.2 Å². The second-order valence-electron chi connectivity index (χ2n) is 6.89. The topological polar surface area (TPSA) is 98.1 Å². The van der Waals surface area contributed by atoms with Gasteiger partial charge in [-0.2, -0.15) is 5.26 Å². The van der Waals surface area contributed by atoms with Crippen molar-refractivity contribution < 1.29 is 14.3 Å². The number of methoxy groups -OCH3 is 1. The molecule has 0 aliphatic rings. The van der Waals surface area contributed by atoms with Crippen molar-refractivity contribution in [1.29, 1.82) is 5.26 Å². The minimum absolute atomic E-state index is 0.195. The quantitative estimate of drug-likeness (QED) is 0.559. The molecule has 30 heavy (non-hydrogen) atoms. The summed E-state index contributed by atoms with van der Waals surface area (Å²) in [6.07, 6.45) is 1.42. The Morgan fingerprint density at radius 2 is 1.93 bits per heavy atom. The first-order valence-electron chi connectivity index (χ1n) is 9.57. The van der Waals surface area contributed by atoms with Crippen molar-refractivity contribution in [3.05, 3.63) is 69.2 Å². The number of hydrogen-bond acceptors (Lipinski definition) is 5. The van der Waals surface area contributed by atoms with Gasteiger partial charge in [0.25, 0.3) is 5.91 Å². The number of primary amides is 1. The van der Waals surface area contributed by atoms with E-state index in [0.717, 1.165) is 28.9 Å². The van der Waals surface area contributed by atoms with Crippen molar-refractivity contribution in [1.82, 2.24) is 4.57 Å². The van der Waals surface area contributed by atoms with Crippen LogP contribution in [-0.4, -0.2) is 23.6 Å². The molecule has 3 aromatic rings. The Morgan fingerprint density at radius 3 is 2.50 bits per heavy atom. The van der Waals surface area contributed by atoms with Crippen LogP contribution >= 0.6 is 11.3 Å². The maximum absolute atomic E-state index is 12.4. The third kappa shape index (κ3) is 4.44. The molecule has 0 aliphatic heterocycles. The molecule has 2 N–H and O–H groups in total. The largest absolute Gasteiger partial charge is 0.469 e. The lowest BCUT2D eigenvalue weighted by molar-refractivity contribution is -0.140. The second kappa shape index (κ2) is 9.42. The number of carbonyl (C=O) groups is 2. The number of hydrogen-bond donors (Lipinski definition) is 1. The third-order valence-electron chi connectivity index (χ3n) is 5.14. The number of rotatable bonds is 8. The Kier molecular flexibility index (Phi) is 6.70.